The maximum Gasteiger partial charge on any atom is 0.125 e. The highest BCUT2D eigenvalue weighted by molar-refractivity contribution is 5.69. The third-order valence-electron chi connectivity index (χ3n) is 3.86. The average molecular weight is 266 g/mol. The topological polar surface area (TPSA) is 67.6 Å². The van der Waals surface area contributed by atoms with Gasteiger partial charge in [0, 0.05) is 17.7 Å². The van der Waals surface area contributed by atoms with Crippen LogP contribution in [-0.2, 0) is 13.0 Å². The van der Waals surface area contributed by atoms with Gasteiger partial charge in [-0.2, -0.15) is 10.4 Å². The molecule has 1 heterocycles. The zero-order valence-corrected chi connectivity index (χ0v) is 11.6. The van der Waals surface area contributed by atoms with Gasteiger partial charge in [-0.15, -0.1) is 0 Å². The molecule has 1 fully saturated rings. The minimum Gasteiger partial charge on any atom is -0.384 e. The van der Waals surface area contributed by atoms with Gasteiger partial charge in [-0.25, -0.2) is 4.68 Å². The van der Waals surface area contributed by atoms with Crippen molar-refractivity contribution < 1.29 is 0 Å². The number of nitrogen functional groups attached to an aromatic ring is 1. The van der Waals surface area contributed by atoms with Crippen LogP contribution >= 0.6 is 0 Å². The smallest absolute Gasteiger partial charge is 0.125 e. The van der Waals surface area contributed by atoms with Crippen LogP contribution in [0.2, 0.25) is 0 Å². The van der Waals surface area contributed by atoms with Crippen molar-refractivity contribution in [1.29, 1.82) is 5.26 Å². The summed E-state index contributed by atoms with van der Waals surface area (Å²) in [5.74, 6) is 1.54. The molecule has 102 valence electrons. The fourth-order valence-electron chi connectivity index (χ4n) is 2.48. The molecule has 0 atom stereocenters. The second-order valence-electron chi connectivity index (χ2n) is 5.38. The average Bonchev–Trinajstić information content (AvgIpc) is 3.24. The Bertz CT molecular complexity index is 657. The van der Waals surface area contributed by atoms with Crippen molar-refractivity contribution in [3.63, 3.8) is 0 Å². The van der Waals surface area contributed by atoms with E-state index in [4.69, 9.17) is 16.1 Å². The molecule has 1 saturated carbocycles. The first-order valence-electron chi connectivity index (χ1n) is 7.08. The Morgan fingerprint density at radius 2 is 2.05 bits per heavy atom. The summed E-state index contributed by atoms with van der Waals surface area (Å²) in [5.41, 5.74) is 9.99. The first-order valence-corrected chi connectivity index (χ1v) is 7.08. The summed E-state index contributed by atoms with van der Waals surface area (Å²) in [6.07, 6.45) is 3.44. The fourth-order valence-corrected chi connectivity index (χ4v) is 2.48. The van der Waals surface area contributed by atoms with Gasteiger partial charge in [-0.1, -0.05) is 19.1 Å². The van der Waals surface area contributed by atoms with Crippen LogP contribution in [0.1, 0.15) is 30.9 Å². The first kappa shape index (κ1) is 12.7. The summed E-state index contributed by atoms with van der Waals surface area (Å²) in [6, 6.07) is 9.67. The Morgan fingerprint density at radius 3 is 2.60 bits per heavy atom. The van der Waals surface area contributed by atoms with Crippen molar-refractivity contribution in [2.24, 2.45) is 5.92 Å². The lowest BCUT2D eigenvalue weighted by molar-refractivity contribution is 0.572. The lowest BCUT2D eigenvalue weighted by atomic mass is 10.0. The minimum absolute atomic E-state index is 0.664. The molecule has 3 rings (SSSR count). The maximum atomic E-state index is 8.86. The Labute approximate surface area is 118 Å². The van der Waals surface area contributed by atoms with Crippen molar-refractivity contribution in [2.75, 3.05) is 5.73 Å². The highest BCUT2D eigenvalue weighted by Crippen LogP contribution is 2.34. The highest BCUT2D eigenvalue weighted by atomic mass is 15.3. The summed E-state index contributed by atoms with van der Waals surface area (Å²) in [5, 5.41) is 13.6. The van der Waals surface area contributed by atoms with Crippen molar-refractivity contribution in [3.8, 4) is 17.3 Å². The Hall–Kier alpha value is -2.28. The molecule has 0 saturated heterocycles. The molecule has 0 spiro atoms. The van der Waals surface area contributed by atoms with Gasteiger partial charge in [0.2, 0.25) is 0 Å². The van der Waals surface area contributed by atoms with E-state index in [1.165, 1.54) is 12.8 Å². The summed E-state index contributed by atoms with van der Waals surface area (Å²) in [7, 11) is 0. The number of anilines is 1. The van der Waals surface area contributed by atoms with Crippen molar-refractivity contribution in [3.05, 3.63) is 35.4 Å². The number of nitrogens with two attached hydrogens (primary N) is 1. The summed E-state index contributed by atoms with van der Waals surface area (Å²) >= 11 is 0. The molecule has 0 bridgehead atoms. The van der Waals surface area contributed by atoms with Crippen molar-refractivity contribution in [2.45, 2.75) is 32.7 Å². The molecule has 0 unspecified atom stereocenters. The zero-order chi connectivity index (χ0) is 14.1. The highest BCUT2D eigenvalue weighted by Gasteiger charge is 2.25. The van der Waals surface area contributed by atoms with Crippen LogP contribution in [0, 0.1) is 17.2 Å². The molecule has 4 heteroatoms. The Kier molecular flexibility index (Phi) is 3.19. The van der Waals surface area contributed by atoms with Crippen molar-refractivity contribution >= 4 is 5.82 Å². The van der Waals surface area contributed by atoms with Gasteiger partial charge in [-0.05, 0) is 37.3 Å². The number of nitrogens with zero attached hydrogens (tertiary/aromatic N) is 3. The molecule has 0 amide bonds. The second kappa shape index (κ2) is 5.01. The quantitative estimate of drug-likeness (QED) is 0.925. The third kappa shape index (κ3) is 2.27. The normalized spacial score (nSPS) is 14.2. The second-order valence-corrected chi connectivity index (χ2v) is 5.38. The number of nitriles is 1. The lowest BCUT2D eigenvalue weighted by Crippen LogP contribution is -2.06. The van der Waals surface area contributed by atoms with E-state index in [-0.39, 0.29) is 0 Å². The Balaban J connectivity index is 2.00. The van der Waals surface area contributed by atoms with Gasteiger partial charge in [-0.3, -0.25) is 0 Å². The van der Waals surface area contributed by atoms with Gasteiger partial charge < -0.3 is 5.73 Å². The van der Waals surface area contributed by atoms with Crippen molar-refractivity contribution in [1.82, 2.24) is 9.78 Å². The van der Waals surface area contributed by atoms with Gasteiger partial charge in [0.05, 0.1) is 17.3 Å². The molecule has 1 aromatic heterocycles. The van der Waals surface area contributed by atoms with Crippen LogP contribution in [0.25, 0.3) is 11.3 Å². The number of aromatic nitrogens is 2. The molecular formula is C16H18N4. The van der Waals surface area contributed by atoms with E-state index in [0.717, 1.165) is 41.5 Å². The van der Waals surface area contributed by atoms with Gasteiger partial charge in [0.15, 0.2) is 0 Å². The first-order chi connectivity index (χ1) is 9.72. The number of hydrogen-bond acceptors (Lipinski definition) is 3. The molecular weight excluding hydrogens is 248 g/mol. The van der Waals surface area contributed by atoms with E-state index in [9.17, 15) is 0 Å². The standard InChI is InChI=1S/C16H18N4/c1-2-14-15(13-7-5-11(9-17)6-8-13)19-20(16(14)18)10-12-3-4-12/h5-8,12H,2-4,10,18H2,1H3. The number of rotatable bonds is 4. The molecule has 2 N–H and O–H groups in total. The van der Waals surface area contributed by atoms with Crippen LogP contribution in [0.4, 0.5) is 5.82 Å². The monoisotopic (exact) mass is 266 g/mol. The predicted octanol–water partition coefficient (Wildman–Crippen LogP) is 2.98. The fraction of sp³-hybridized carbons (Fsp3) is 0.375. The zero-order valence-electron chi connectivity index (χ0n) is 11.6. The lowest BCUT2D eigenvalue weighted by Gasteiger charge is -2.02. The molecule has 2 aromatic rings. The number of benzene rings is 1. The van der Waals surface area contributed by atoms with Crippen LogP contribution in [0.5, 0.6) is 0 Å². The van der Waals surface area contributed by atoms with Crippen LogP contribution in [0.3, 0.4) is 0 Å². The Morgan fingerprint density at radius 1 is 1.35 bits per heavy atom. The van der Waals surface area contributed by atoms with Crippen LogP contribution in [0.15, 0.2) is 24.3 Å². The van der Waals surface area contributed by atoms with Crippen LogP contribution < -0.4 is 5.73 Å². The number of hydrogen-bond donors (Lipinski definition) is 1. The van der Waals surface area contributed by atoms with E-state index in [2.05, 4.69) is 13.0 Å². The predicted molar refractivity (Wildman–Crippen MR) is 78.9 cm³/mol. The van der Waals surface area contributed by atoms with Gasteiger partial charge in [0.1, 0.15) is 5.82 Å². The molecule has 1 aliphatic rings. The molecule has 4 nitrogen and oxygen atoms in total. The summed E-state index contributed by atoms with van der Waals surface area (Å²) in [6.45, 7) is 3.02. The van der Waals surface area contributed by atoms with Gasteiger partial charge >= 0.3 is 0 Å². The summed E-state index contributed by atoms with van der Waals surface area (Å²) < 4.78 is 1.95. The van der Waals surface area contributed by atoms with E-state index in [1.807, 2.05) is 28.9 Å². The van der Waals surface area contributed by atoms with E-state index in [0.29, 0.717) is 5.56 Å². The largest absolute Gasteiger partial charge is 0.384 e. The molecule has 1 aliphatic carbocycles. The minimum atomic E-state index is 0.664. The summed E-state index contributed by atoms with van der Waals surface area (Å²) in [4.78, 5) is 0. The van der Waals surface area contributed by atoms with E-state index in [1.54, 1.807) is 0 Å². The van der Waals surface area contributed by atoms with E-state index < -0.39 is 0 Å². The van der Waals surface area contributed by atoms with Gasteiger partial charge in [0.25, 0.3) is 0 Å². The van der Waals surface area contributed by atoms with Crippen LogP contribution in [-0.4, -0.2) is 9.78 Å². The molecule has 20 heavy (non-hydrogen) atoms. The molecule has 0 aliphatic heterocycles. The SMILES string of the molecule is CCc1c(-c2ccc(C#N)cc2)nn(CC2CC2)c1N. The molecule has 0 radical (unpaired) electrons. The van der Waals surface area contributed by atoms with E-state index >= 15 is 0 Å². The maximum absolute atomic E-state index is 8.86. The molecule has 1 aromatic carbocycles. The third-order valence-corrected chi connectivity index (χ3v) is 3.86.